The second kappa shape index (κ2) is 16.7. The molecule has 0 saturated carbocycles. The number of fused-ring (bicyclic) bond motifs is 1. The number of rotatable bonds is 4. The second-order valence-corrected chi connectivity index (χ2v) is 9.08. The van der Waals surface area contributed by atoms with Crippen molar-refractivity contribution in [1.29, 1.82) is 0 Å². The van der Waals surface area contributed by atoms with Crippen LogP contribution in [0.15, 0.2) is 103 Å². The van der Waals surface area contributed by atoms with Crippen LogP contribution < -0.4 is 37.2 Å². The zero-order valence-corrected chi connectivity index (χ0v) is 21.6. The van der Waals surface area contributed by atoms with Gasteiger partial charge in [-0.05, 0) is 19.5 Å². The van der Waals surface area contributed by atoms with Gasteiger partial charge >= 0.3 is 0 Å². The third-order valence-corrected chi connectivity index (χ3v) is 5.22. The Kier molecular flexibility index (Phi) is 17.4. The molecule has 0 unspecified atom stereocenters. The van der Waals surface area contributed by atoms with Crippen LogP contribution >= 0.6 is 7.92 Å². The van der Waals surface area contributed by atoms with Crippen LogP contribution in [0, 0.1) is 5.92 Å². The molecule has 0 aromatic heterocycles. The standard InChI is InChI=1S/C16H18P.C9H7.3ClH.V/c1-17(2)13-16(14-9-5-3-6-10-14)15-11-7-4-8-12-15;1-2-5-9-7-3-6-8(9)4-1;;;;/h3-12H,13H2,1-2H3;1-7H;3*1H;/q2*-1;;;;/p-3. The topological polar surface area (TPSA) is 0 Å². The maximum absolute atomic E-state index is 2.33. The summed E-state index contributed by atoms with van der Waals surface area (Å²) in [4.78, 5) is 0. The maximum Gasteiger partial charge on any atom is 0 e. The van der Waals surface area contributed by atoms with Gasteiger partial charge in [0.25, 0.3) is 0 Å². The van der Waals surface area contributed by atoms with Crippen LogP contribution in [0.25, 0.3) is 10.8 Å². The summed E-state index contributed by atoms with van der Waals surface area (Å²) < 4.78 is 0. The second-order valence-electron chi connectivity index (χ2n) is 6.60. The number of hydrogen-bond acceptors (Lipinski definition) is 0. The summed E-state index contributed by atoms with van der Waals surface area (Å²) in [5.41, 5.74) is 2.71. The van der Waals surface area contributed by atoms with Gasteiger partial charge in [0.15, 0.2) is 0 Å². The van der Waals surface area contributed by atoms with Crippen LogP contribution in [0.2, 0.25) is 0 Å². The van der Waals surface area contributed by atoms with E-state index >= 15 is 0 Å². The zero-order valence-electron chi connectivity index (χ0n) is 17.1. The summed E-state index contributed by atoms with van der Waals surface area (Å²) in [6.45, 7) is 4.67. The van der Waals surface area contributed by atoms with Gasteiger partial charge in [0.2, 0.25) is 0 Å². The van der Waals surface area contributed by atoms with E-state index < -0.39 is 0 Å². The molecule has 1 radical (unpaired) electrons. The Balaban J connectivity index is 0. The summed E-state index contributed by atoms with van der Waals surface area (Å²) in [5, 5.41) is 2.66. The average Bonchev–Trinajstić information content (AvgIpc) is 3.17. The normalized spacial score (nSPS) is 9.03. The molecule has 5 heteroatoms. The Morgan fingerprint density at radius 3 is 1.60 bits per heavy atom. The van der Waals surface area contributed by atoms with Gasteiger partial charge in [-0.2, -0.15) is 17.5 Å². The Morgan fingerprint density at radius 2 is 1.13 bits per heavy atom. The Hall–Kier alpha value is -0.976. The predicted octanol–water partition coefficient (Wildman–Crippen LogP) is -2.03. The molecule has 0 aliphatic heterocycles. The molecule has 4 aromatic rings. The van der Waals surface area contributed by atoms with E-state index in [0.29, 0.717) is 0 Å². The van der Waals surface area contributed by atoms with Crippen molar-refractivity contribution in [3.63, 3.8) is 0 Å². The molecule has 0 atom stereocenters. The minimum atomic E-state index is 0. The fourth-order valence-corrected chi connectivity index (χ4v) is 4.01. The van der Waals surface area contributed by atoms with Crippen LogP contribution in [0.3, 0.4) is 0 Å². The van der Waals surface area contributed by atoms with Crippen molar-refractivity contribution < 1.29 is 55.8 Å². The van der Waals surface area contributed by atoms with Crippen LogP contribution in [0.4, 0.5) is 0 Å². The van der Waals surface area contributed by atoms with E-state index in [1.165, 1.54) is 34.0 Å². The molecule has 0 heterocycles. The molecule has 4 rings (SSSR count). The molecular weight excluding hydrogens is 489 g/mol. The Labute approximate surface area is 213 Å². The van der Waals surface area contributed by atoms with E-state index in [0.717, 1.165) is 0 Å². The van der Waals surface area contributed by atoms with Gasteiger partial charge in [0.1, 0.15) is 0 Å². The Bertz CT molecular complexity index is 842. The minimum Gasteiger partial charge on any atom is -1.00 e. The van der Waals surface area contributed by atoms with Gasteiger partial charge in [0, 0.05) is 18.6 Å². The van der Waals surface area contributed by atoms with Crippen molar-refractivity contribution in [3.8, 4) is 0 Å². The van der Waals surface area contributed by atoms with E-state index in [1.807, 2.05) is 0 Å². The molecule has 0 spiro atoms. The SMILES string of the molecule is CP(C)C[C-](c1ccccc1)c1ccccc1.[Cl-].[Cl-].[Cl-].[V].c1ccc2[cH-]ccc2c1. The van der Waals surface area contributed by atoms with Gasteiger partial charge < -0.3 is 37.2 Å². The van der Waals surface area contributed by atoms with Gasteiger partial charge in [-0.25, -0.2) is 0 Å². The molecule has 0 aliphatic carbocycles. The van der Waals surface area contributed by atoms with Gasteiger partial charge in [-0.3, -0.25) is 0 Å². The first-order valence-corrected chi connectivity index (χ1v) is 11.4. The van der Waals surface area contributed by atoms with E-state index in [-0.39, 0.29) is 63.7 Å². The first-order chi connectivity index (χ1) is 12.7. The molecule has 0 fully saturated rings. The average molecular weight is 514 g/mol. The van der Waals surface area contributed by atoms with E-state index in [2.05, 4.69) is 116 Å². The van der Waals surface area contributed by atoms with Gasteiger partial charge in [-0.1, -0.05) is 42.5 Å². The number of halogens is 3. The summed E-state index contributed by atoms with van der Waals surface area (Å²) in [6.07, 6.45) is 1.18. The third kappa shape index (κ3) is 9.44. The minimum absolute atomic E-state index is 0. The van der Waals surface area contributed by atoms with Crippen molar-refractivity contribution in [2.45, 2.75) is 0 Å². The van der Waals surface area contributed by atoms with Crippen molar-refractivity contribution in [2.75, 3.05) is 19.5 Å². The molecule has 161 valence electrons. The van der Waals surface area contributed by atoms with Crippen molar-refractivity contribution >= 4 is 18.7 Å². The molecule has 0 aliphatic rings. The monoisotopic (exact) mass is 512 g/mol. The smallest absolute Gasteiger partial charge is 0 e. The van der Waals surface area contributed by atoms with E-state index in [9.17, 15) is 0 Å². The summed E-state index contributed by atoms with van der Waals surface area (Å²) in [5.74, 6) is 1.47. The molecular formula is C25H25Cl3PV-5. The van der Waals surface area contributed by atoms with Gasteiger partial charge in [0.05, 0.1) is 0 Å². The largest absolute Gasteiger partial charge is 1.00 e. The molecule has 4 aromatic carbocycles. The van der Waals surface area contributed by atoms with Gasteiger partial charge in [-0.15, -0.1) is 78.9 Å². The molecule has 0 nitrogen and oxygen atoms in total. The fraction of sp³-hybridized carbons (Fsp3) is 0.120. The van der Waals surface area contributed by atoms with Crippen molar-refractivity contribution in [3.05, 3.63) is 120 Å². The number of benzene rings is 3. The maximum atomic E-state index is 2.33. The third-order valence-electron chi connectivity index (χ3n) is 4.27. The first-order valence-electron chi connectivity index (χ1n) is 8.96. The van der Waals surface area contributed by atoms with Crippen molar-refractivity contribution in [2.24, 2.45) is 0 Å². The number of hydrogen-bond donors (Lipinski definition) is 0. The van der Waals surface area contributed by atoms with Crippen LogP contribution in [-0.2, 0) is 18.6 Å². The molecule has 30 heavy (non-hydrogen) atoms. The summed E-state index contributed by atoms with van der Waals surface area (Å²) in [6, 6.07) is 36.1. The quantitative estimate of drug-likeness (QED) is 0.218. The molecule has 0 saturated heterocycles. The van der Waals surface area contributed by atoms with Crippen LogP contribution in [-0.4, -0.2) is 19.5 Å². The zero-order chi connectivity index (χ0) is 18.2. The van der Waals surface area contributed by atoms with Crippen LogP contribution in [0.1, 0.15) is 11.1 Å². The van der Waals surface area contributed by atoms with E-state index in [4.69, 9.17) is 0 Å². The van der Waals surface area contributed by atoms with Crippen molar-refractivity contribution in [1.82, 2.24) is 0 Å². The Morgan fingerprint density at radius 1 is 0.667 bits per heavy atom. The molecule has 0 bridgehead atoms. The summed E-state index contributed by atoms with van der Waals surface area (Å²) >= 11 is 0. The molecule has 0 N–H and O–H groups in total. The summed E-state index contributed by atoms with van der Waals surface area (Å²) in [7, 11) is 0.0759. The fourth-order valence-electron chi connectivity index (χ4n) is 3.01. The van der Waals surface area contributed by atoms with E-state index in [1.54, 1.807) is 0 Å². The predicted molar refractivity (Wildman–Crippen MR) is 118 cm³/mol. The van der Waals surface area contributed by atoms with Crippen LogP contribution in [0.5, 0.6) is 0 Å². The first kappa shape index (κ1) is 31.2. The molecule has 0 amide bonds.